The third kappa shape index (κ3) is 3.64. The van der Waals surface area contributed by atoms with Gasteiger partial charge in [-0.3, -0.25) is 5.10 Å². The highest BCUT2D eigenvalue weighted by Gasteiger charge is 2.15. The summed E-state index contributed by atoms with van der Waals surface area (Å²) in [6.07, 6.45) is 5.57. The highest BCUT2D eigenvalue weighted by molar-refractivity contribution is 5.62. The van der Waals surface area contributed by atoms with Crippen LogP contribution in [0, 0.1) is 0 Å². The number of anilines is 1. The van der Waals surface area contributed by atoms with Gasteiger partial charge in [-0.15, -0.1) is 0 Å². The Labute approximate surface area is 126 Å². The van der Waals surface area contributed by atoms with Gasteiger partial charge in [-0.25, -0.2) is 0 Å². The highest BCUT2D eigenvalue weighted by Crippen LogP contribution is 2.21. The quantitative estimate of drug-likeness (QED) is 0.905. The van der Waals surface area contributed by atoms with Gasteiger partial charge in [0.2, 0.25) is 0 Å². The first kappa shape index (κ1) is 14.1. The minimum absolute atomic E-state index is 0.597. The summed E-state index contributed by atoms with van der Waals surface area (Å²) in [6, 6.07) is 11.2. The smallest absolute Gasteiger partial charge is 0.0650 e. The SMILES string of the molecule is CCN1CCCC(Nc2ccc(-c3ccn[nH]3)cc2)CC1. The van der Waals surface area contributed by atoms with Crippen LogP contribution in [-0.4, -0.2) is 40.8 Å². The number of aromatic nitrogens is 2. The molecule has 1 aliphatic rings. The zero-order chi connectivity index (χ0) is 14.5. The number of H-pyrrole nitrogens is 1. The third-order valence-electron chi connectivity index (χ3n) is 4.34. The summed E-state index contributed by atoms with van der Waals surface area (Å²) in [7, 11) is 0. The first-order valence-electron chi connectivity index (χ1n) is 7.94. The average Bonchev–Trinajstić information content (AvgIpc) is 2.96. The lowest BCUT2D eigenvalue weighted by Gasteiger charge is -2.19. The van der Waals surface area contributed by atoms with E-state index in [4.69, 9.17) is 0 Å². The van der Waals surface area contributed by atoms with E-state index in [2.05, 4.69) is 51.6 Å². The molecule has 0 amide bonds. The van der Waals surface area contributed by atoms with Crippen molar-refractivity contribution in [3.05, 3.63) is 36.5 Å². The summed E-state index contributed by atoms with van der Waals surface area (Å²) in [4.78, 5) is 2.54. The Bertz CT molecular complexity index is 532. The van der Waals surface area contributed by atoms with E-state index in [1.165, 1.54) is 50.1 Å². The molecule has 1 aromatic carbocycles. The molecule has 1 saturated heterocycles. The van der Waals surface area contributed by atoms with Gasteiger partial charge in [-0.2, -0.15) is 5.10 Å². The van der Waals surface area contributed by atoms with Gasteiger partial charge in [0.05, 0.1) is 5.69 Å². The van der Waals surface area contributed by atoms with Gasteiger partial charge in [-0.1, -0.05) is 19.1 Å². The number of nitrogens with zero attached hydrogens (tertiary/aromatic N) is 2. The predicted octanol–water partition coefficient (Wildman–Crippen LogP) is 3.36. The van der Waals surface area contributed by atoms with E-state index in [-0.39, 0.29) is 0 Å². The number of hydrogen-bond donors (Lipinski definition) is 2. The zero-order valence-electron chi connectivity index (χ0n) is 12.7. The first-order valence-corrected chi connectivity index (χ1v) is 7.94. The fourth-order valence-corrected chi connectivity index (χ4v) is 3.01. The molecule has 1 unspecified atom stereocenters. The van der Waals surface area contributed by atoms with Crippen LogP contribution < -0.4 is 5.32 Å². The molecule has 21 heavy (non-hydrogen) atoms. The molecule has 112 valence electrons. The topological polar surface area (TPSA) is 44.0 Å². The predicted molar refractivity (Wildman–Crippen MR) is 87.4 cm³/mol. The minimum atomic E-state index is 0.597. The van der Waals surface area contributed by atoms with Gasteiger partial charge < -0.3 is 10.2 Å². The Balaban J connectivity index is 1.60. The van der Waals surface area contributed by atoms with Gasteiger partial charge in [0.25, 0.3) is 0 Å². The molecule has 0 aliphatic carbocycles. The lowest BCUT2D eigenvalue weighted by molar-refractivity contribution is 0.300. The van der Waals surface area contributed by atoms with E-state index in [0.717, 1.165) is 5.69 Å². The number of hydrogen-bond acceptors (Lipinski definition) is 3. The van der Waals surface area contributed by atoms with E-state index >= 15 is 0 Å². The summed E-state index contributed by atoms with van der Waals surface area (Å²) >= 11 is 0. The second-order valence-electron chi connectivity index (χ2n) is 5.75. The summed E-state index contributed by atoms with van der Waals surface area (Å²) in [6.45, 7) is 5.88. The molecule has 2 heterocycles. The Hall–Kier alpha value is -1.81. The van der Waals surface area contributed by atoms with Gasteiger partial charge in [0.1, 0.15) is 0 Å². The largest absolute Gasteiger partial charge is 0.382 e. The number of likely N-dealkylation sites (tertiary alicyclic amines) is 1. The Morgan fingerprint density at radius 3 is 2.76 bits per heavy atom. The molecule has 4 heteroatoms. The summed E-state index contributed by atoms with van der Waals surface area (Å²) < 4.78 is 0. The Morgan fingerprint density at radius 2 is 2.05 bits per heavy atom. The molecular formula is C17H24N4. The molecule has 0 radical (unpaired) electrons. The number of benzene rings is 1. The monoisotopic (exact) mass is 284 g/mol. The molecule has 2 aromatic rings. The number of nitrogens with one attached hydrogen (secondary N) is 2. The molecule has 0 spiro atoms. The van der Waals surface area contributed by atoms with Crippen LogP contribution in [0.1, 0.15) is 26.2 Å². The summed E-state index contributed by atoms with van der Waals surface area (Å²) in [5.74, 6) is 0. The molecule has 4 nitrogen and oxygen atoms in total. The summed E-state index contributed by atoms with van der Waals surface area (Å²) in [5, 5.41) is 10.7. The minimum Gasteiger partial charge on any atom is -0.382 e. The van der Waals surface area contributed by atoms with Crippen LogP contribution in [0.3, 0.4) is 0 Å². The maximum Gasteiger partial charge on any atom is 0.0650 e. The molecule has 1 aliphatic heterocycles. The van der Waals surface area contributed by atoms with Crippen molar-refractivity contribution in [3.8, 4) is 11.3 Å². The van der Waals surface area contributed by atoms with Crippen molar-refractivity contribution in [3.63, 3.8) is 0 Å². The van der Waals surface area contributed by atoms with E-state index in [1.54, 1.807) is 6.20 Å². The van der Waals surface area contributed by atoms with Crippen molar-refractivity contribution in [2.45, 2.75) is 32.2 Å². The van der Waals surface area contributed by atoms with Crippen molar-refractivity contribution < 1.29 is 0 Å². The van der Waals surface area contributed by atoms with Gasteiger partial charge in [-0.05, 0) is 56.1 Å². The van der Waals surface area contributed by atoms with Crippen molar-refractivity contribution >= 4 is 5.69 Å². The van der Waals surface area contributed by atoms with E-state index in [1.807, 2.05) is 6.07 Å². The lowest BCUT2D eigenvalue weighted by atomic mass is 10.1. The van der Waals surface area contributed by atoms with Crippen molar-refractivity contribution in [2.24, 2.45) is 0 Å². The maximum absolute atomic E-state index is 3.99. The molecule has 1 atom stereocenters. The van der Waals surface area contributed by atoms with Crippen molar-refractivity contribution in [1.29, 1.82) is 0 Å². The fourth-order valence-electron chi connectivity index (χ4n) is 3.01. The van der Waals surface area contributed by atoms with Crippen LogP contribution in [0.2, 0.25) is 0 Å². The molecule has 1 aromatic heterocycles. The van der Waals surface area contributed by atoms with Crippen molar-refractivity contribution in [2.75, 3.05) is 25.0 Å². The van der Waals surface area contributed by atoms with Crippen LogP contribution in [-0.2, 0) is 0 Å². The van der Waals surface area contributed by atoms with E-state index < -0.39 is 0 Å². The average molecular weight is 284 g/mol. The first-order chi connectivity index (χ1) is 10.3. The second-order valence-corrected chi connectivity index (χ2v) is 5.75. The normalized spacial score (nSPS) is 20.1. The van der Waals surface area contributed by atoms with Gasteiger partial charge >= 0.3 is 0 Å². The Kier molecular flexibility index (Phi) is 4.55. The number of rotatable bonds is 4. The lowest BCUT2D eigenvalue weighted by Crippen LogP contribution is -2.26. The molecule has 2 N–H and O–H groups in total. The van der Waals surface area contributed by atoms with Crippen LogP contribution >= 0.6 is 0 Å². The molecule has 1 fully saturated rings. The highest BCUT2D eigenvalue weighted by atomic mass is 15.1. The zero-order valence-corrected chi connectivity index (χ0v) is 12.7. The van der Waals surface area contributed by atoms with E-state index in [9.17, 15) is 0 Å². The standard InChI is InChI=1S/C17H24N4/c1-2-21-12-3-4-15(10-13-21)19-16-7-5-14(6-8-16)17-9-11-18-20-17/h5-9,11,15,19H,2-4,10,12-13H2,1H3,(H,18,20). The molecule has 0 saturated carbocycles. The summed E-state index contributed by atoms with van der Waals surface area (Å²) in [5.41, 5.74) is 3.46. The van der Waals surface area contributed by atoms with Crippen LogP contribution in [0.25, 0.3) is 11.3 Å². The Morgan fingerprint density at radius 1 is 1.19 bits per heavy atom. The van der Waals surface area contributed by atoms with Crippen LogP contribution in [0.4, 0.5) is 5.69 Å². The van der Waals surface area contributed by atoms with Gasteiger partial charge in [0.15, 0.2) is 0 Å². The maximum atomic E-state index is 3.99. The van der Waals surface area contributed by atoms with Crippen LogP contribution in [0.15, 0.2) is 36.5 Å². The second kappa shape index (κ2) is 6.76. The van der Waals surface area contributed by atoms with E-state index in [0.29, 0.717) is 6.04 Å². The third-order valence-corrected chi connectivity index (χ3v) is 4.34. The van der Waals surface area contributed by atoms with Crippen molar-refractivity contribution in [1.82, 2.24) is 15.1 Å². The molecular weight excluding hydrogens is 260 g/mol. The van der Waals surface area contributed by atoms with Crippen LogP contribution in [0.5, 0.6) is 0 Å². The van der Waals surface area contributed by atoms with Gasteiger partial charge in [0, 0.05) is 24.5 Å². The molecule has 3 rings (SSSR count). The molecule has 0 bridgehead atoms. The number of aromatic amines is 1. The fraction of sp³-hybridized carbons (Fsp3) is 0.471.